The van der Waals surface area contributed by atoms with E-state index in [-0.39, 0.29) is 5.82 Å². The molecule has 0 bridgehead atoms. The molecule has 11 heteroatoms. The van der Waals surface area contributed by atoms with E-state index in [2.05, 4.69) is 17.2 Å². The van der Waals surface area contributed by atoms with Gasteiger partial charge in [0.25, 0.3) is 0 Å². The van der Waals surface area contributed by atoms with Gasteiger partial charge in [-0.15, -0.1) is 4.52 Å². The van der Waals surface area contributed by atoms with Gasteiger partial charge in [-0.3, -0.25) is 4.57 Å². The molecule has 1 aromatic rings. The lowest BCUT2D eigenvalue weighted by Crippen LogP contribution is -2.37. The molecule has 0 aromatic carbocycles. The van der Waals surface area contributed by atoms with E-state index >= 15 is 0 Å². The van der Waals surface area contributed by atoms with Gasteiger partial charge in [-0.2, -0.15) is 4.98 Å². The highest BCUT2D eigenvalue weighted by atomic mass is 32.7. The number of nitrogens with two attached hydrogens (primary N) is 1. The predicted octanol–water partition coefficient (Wildman–Crippen LogP) is 0.414. The van der Waals surface area contributed by atoms with E-state index in [0.717, 1.165) is 4.57 Å². The number of aliphatic hydroxyl groups is 1. The van der Waals surface area contributed by atoms with Gasteiger partial charge < -0.3 is 15.6 Å². The molecule has 0 spiro atoms. The second kappa shape index (κ2) is 6.37. The van der Waals surface area contributed by atoms with E-state index in [1.54, 1.807) is 0 Å². The first-order valence-electron chi connectivity index (χ1n) is 5.96. The Hall–Kier alpha value is -1.06. The number of alkyl halides is 1. The highest BCUT2D eigenvalue weighted by Crippen LogP contribution is 2.41. The Bertz CT molecular complexity index is 600. The topological polar surface area (TPSA) is 117 Å². The van der Waals surface area contributed by atoms with Crippen LogP contribution < -0.4 is 11.4 Å². The van der Waals surface area contributed by atoms with Crippen LogP contribution in [0.3, 0.4) is 0 Å². The second-order valence-corrected chi connectivity index (χ2v) is 6.19. The number of nitrogen functional groups attached to an aromatic ring is 1. The van der Waals surface area contributed by atoms with E-state index in [9.17, 15) is 18.9 Å². The summed E-state index contributed by atoms with van der Waals surface area (Å²) >= 11 is 3.56. The summed E-state index contributed by atoms with van der Waals surface area (Å²) in [6.45, 7) is 1.37. The first-order valence-corrected chi connectivity index (χ1v) is 8.29. The van der Waals surface area contributed by atoms with Crippen molar-refractivity contribution in [3.8, 4) is 0 Å². The number of rotatable bonds is 4. The molecule has 116 valence electrons. The van der Waals surface area contributed by atoms with E-state index in [0.29, 0.717) is 0 Å². The Kier molecular flexibility index (Phi) is 4.95. The molecular weight excluding hydrogens is 324 g/mol. The van der Waals surface area contributed by atoms with Gasteiger partial charge >= 0.3 is 12.9 Å². The molecule has 1 fully saturated rings. The van der Waals surface area contributed by atoms with Crippen LogP contribution in [0.4, 0.5) is 10.2 Å². The van der Waals surface area contributed by atoms with Crippen molar-refractivity contribution in [1.29, 1.82) is 0 Å². The maximum Gasteiger partial charge on any atom is 0.582 e. The van der Waals surface area contributed by atoms with Crippen molar-refractivity contribution in [3.63, 3.8) is 0 Å². The van der Waals surface area contributed by atoms with Gasteiger partial charge in [0, 0.05) is 6.20 Å². The molecule has 0 aliphatic carbocycles. The Morgan fingerprint density at radius 2 is 2.38 bits per heavy atom. The summed E-state index contributed by atoms with van der Waals surface area (Å²) in [5, 5.41) is 9.62. The first-order chi connectivity index (χ1) is 9.81. The number of anilines is 1. The van der Waals surface area contributed by atoms with Crippen LogP contribution in [-0.4, -0.2) is 39.1 Å². The standard InChI is InChI=1S/C10H13FN3O5PS/c1-4(15)7-8(19-20(17)21)6(11)9(18-7)14-3-2-5(12)13-10(14)16/h2-4,6-9,15H,1H3,(H2-,12,13,16,17,21)/p+1. The minimum atomic E-state index is -2.40. The van der Waals surface area contributed by atoms with E-state index in [1.165, 1.54) is 19.2 Å². The van der Waals surface area contributed by atoms with Crippen LogP contribution in [0.5, 0.6) is 0 Å². The summed E-state index contributed by atoms with van der Waals surface area (Å²) in [7, 11) is -2.40. The molecule has 1 aromatic heterocycles. The number of aromatic nitrogens is 2. The summed E-state index contributed by atoms with van der Waals surface area (Å²) in [4.78, 5) is 15.2. The van der Waals surface area contributed by atoms with Crippen molar-refractivity contribution < 1.29 is 23.3 Å². The SMILES string of the molecule is CC(O)C1OC(n2ccc(N)nc2=O)C(F)C1O[P+](=O)S. The lowest BCUT2D eigenvalue weighted by molar-refractivity contribution is -0.0747. The molecular formula is C10H14FN3O5PS+. The van der Waals surface area contributed by atoms with Crippen LogP contribution in [0, 0.1) is 0 Å². The third-order valence-electron chi connectivity index (χ3n) is 3.02. The molecule has 1 saturated heterocycles. The average Bonchev–Trinajstić information content (AvgIpc) is 2.67. The summed E-state index contributed by atoms with van der Waals surface area (Å²) < 4.78 is 36.6. The van der Waals surface area contributed by atoms with Crippen molar-refractivity contribution in [3.05, 3.63) is 22.7 Å². The minimum absolute atomic E-state index is 0.0111. The fraction of sp³-hybridized carbons (Fsp3) is 0.600. The Morgan fingerprint density at radius 3 is 2.90 bits per heavy atom. The fourth-order valence-electron chi connectivity index (χ4n) is 2.11. The third kappa shape index (κ3) is 3.41. The number of aliphatic hydroxyl groups excluding tert-OH is 1. The molecule has 21 heavy (non-hydrogen) atoms. The number of hydrogen-bond acceptors (Lipinski definition) is 7. The normalized spacial score (nSPS) is 31.1. The molecule has 8 nitrogen and oxygen atoms in total. The highest BCUT2D eigenvalue weighted by Gasteiger charge is 2.52. The first kappa shape index (κ1) is 16.3. The summed E-state index contributed by atoms with van der Waals surface area (Å²) in [5.74, 6) is -0.0111. The largest absolute Gasteiger partial charge is 0.582 e. The van der Waals surface area contributed by atoms with Crippen LogP contribution >= 0.6 is 19.5 Å². The van der Waals surface area contributed by atoms with Crippen molar-refractivity contribution in [1.82, 2.24) is 9.55 Å². The summed E-state index contributed by atoms with van der Waals surface area (Å²) in [6.07, 6.45) is -5.48. The van der Waals surface area contributed by atoms with Crippen molar-refractivity contribution in [2.75, 3.05) is 5.73 Å². The Morgan fingerprint density at radius 1 is 1.71 bits per heavy atom. The average molecular weight is 338 g/mol. The molecule has 1 aliphatic heterocycles. The lowest BCUT2D eigenvalue weighted by atomic mass is 10.1. The van der Waals surface area contributed by atoms with Gasteiger partial charge in [0.15, 0.2) is 18.5 Å². The van der Waals surface area contributed by atoms with Crippen molar-refractivity contribution in [2.24, 2.45) is 0 Å². The molecule has 2 rings (SSSR count). The van der Waals surface area contributed by atoms with Crippen LogP contribution in [0.2, 0.25) is 0 Å². The zero-order valence-corrected chi connectivity index (χ0v) is 12.7. The second-order valence-electron chi connectivity index (χ2n) is 4.53. The highest BCUT2D eigenvalue weighted by molar-refractivity contribution is 8.39. The van der Waals surface area contributed by atoms with Crippen molar-refractivity contribution in [2.45, 2.75) is 37.6 Å². The maximum atomic E-state index is 14.4. The zero-order chi connectivity index (χ0) is 15.7. The molecule has 0 radical (unpaired) electrons. The summed E-state index contributed by atoms with van der Waals surface area (Å²) in [5.41, 5.74) is 4.55. The van der Waals surface area contributed by atoms with Gasteiger partial charge in [-0.25, -0.2) is 9.18 Å². The third-order valence-corrected chi connectivity index (χ3v) is 3.73. The molecule has 0 amide bonds. The predicted molar refractivity (Wildman–Crippen MR) is 74.9 cm³/mol. The van der Waals surface area contributed by atoms with Crippen molar-refractivity contribution >= 4 is 25.3 Å². The summed E-state index contributed by atoms with van der Waals surface area (Å²) in [6, 6.07) is 1.31. The van der Waals surface area contributed by atoms with Crippen LogP contribution in [0.15, 0.2) is 17.1 Å². The van der Waals surface area contributed by atoms with Gasteiger partial charge in [0.05, 0.1) is 6.10 Å². The van der Waals surface area contributed by atoms with Gasteiger partial charge in [-0.05, 0) is 17.6 Å². The zero-order valence-electron chi connectivity index (χ0n) is 10.9. The maximum absolute atomic E-state index is 14.4. The quantitative estimate of drug-likeness (QED) is 0.538. The number of thiol groups is 1. The van der Waals surface area contributed by atoms with E-state index in [4.69, 9.17) is 15.0 Å². The monoisotopic (exact) mass is 338 g/mol. The van der Waals surface area contributed by atoms with Gasteiger partial charge in [0.1, 0.15) is 24.2 Å². The number of ether oxygens (including phenoxy) is 1. The Balaban J connectivity index is 2.33. The molecule has 6 atom stereocenters. The Labute approximate surface area is 125 Å². The molecule has 3 N–H and O–H groups in total. The smallest absolute Gasteiger partial charge is 0.391 e. The molecule has 0 saturated carbocycles. The van der Waals surface area contributed by atoms with E-state index < -0.39 is 43.6 Å². The lowest BCUT2D eigenvalue weighted by Gasteiger charge is -2.17. The fourth-order valence-corrected chi connectivity index (χ4v) is 2.88. The number of nitrogens with zero attached hydrogens (tertiary/aromatic N) is 2. The van der Waals surface area contributed by atoms with Crippen LogP contribution in [0.1, 0.15) is 13.2 Å². The van der Waals surface area contributed by atoms with Gasteiger partial charge in [0.2, 0.25) is 0 Å². The molecule has 2 heterocycles. The van der Waals surface area contributed by atoms with Crippen LogP contribution in [-0.2, 0) is 13.8 Å². The van der Waals surface area contributed by atoms with E-state index in [1.807, 2.05) is 0 Å². The molecule has 1 aliphatic rings. The minimum Gasteiger partial charge on any atom is -0.391 e. The van der Waals surface area contributed by atoms with Crippen LogP contribution in [0.25, 0.3) is 0 Å². The van der Waals surface area contributed by atoms with Gasteiger partial charge in [-0.1, -0.05) is 0 Å². The number of hydrogen-bond donors (Lipinski definition) is 3. The molecule has 6 unspecified atom stereocenters. The number of halogens is 1.